The molecule has 1 aliphatic heterocycles. The number of rotatable bonds is 3. The van der Waals surface area contributed by atoms with E-state index in [4.69, 9.17) is 4.98 Å². The highest BCUT2D eigenvalue weighted by molar-refractivity contribution is 5.59. The zero-order valence-electron chi connectivity index (χ0n) is 14.6. The molecule has 0 aliphatic carbocycles. The van der Waals surface area contributed by atoms with Crippen LogP contribution >= 0.6 is 0 Å². The van der Waals surface area contributed by atoms with Gasteiger partial charge in [0.25, 0.3) is 0 Å². The van der Waals surface area contributed by atoms with Gasteiger partial charge in [-0.05, 0) is 24.7 Å². The lowest BCUT2D eigenvalue weighted by molar-refractivity contribution is 0.263. The average molecular weight is 290 g/mol. The second-order valence-corrected chi connectivity index (χ2v) is 7.58. The van der Waals surface area contributed by atoms with E-state index in [9.17, 15) is 0 Å². The topological polar surface area (TPSA) is 41.1 Å². The number of aromatic nitrogens is 2. The van der Waals surface area contributed by atoms with Crippen molar-refractivity contribution in [2.75, 3.05) is 30.4 Å². The van der Waals surface area contributed by atoms with Crippen LogP contribution < -0.4 is 10.2 Å². The van der Waals surface area contributed by atoms with Gasteiger partial charge in [-0.2, -0.15) is 0 Å². The van der Waals surface area contributed by atoms with Crippen LogP contribution in [0.4, 0.5) is 11.6 Å². The van der Waals surface area contributed by atoms with E-state index in [0.717, 1.165) is 42.0 Å². The summed E-state index contributed by atoms with van der Waals surface area (Å²) in [4.78, 5) is 11.9. The second-order valence-electron chi connectivity index (χ2n) is 7.58. The molecule has 1 aromatic heterocycles. The Hall–Kier alpha value is -1.32. The van der Waals surface area contributed by atoms with Gasteiger partial charge in [0.1, 0.15) is 17.5 Å². The minimum Gasteiger partial charge on any atom is -0.373 e. The lowest BCUT2D eigenvalue weighted by Gasteiger charge is -2.28. The standard InChI is InChI=1S/C17H30N4/c1-11(2)14-19-15(18-7)12(3)16(20-14)21-9-8-13(10-21)17(4,5)6/h11,13H,8-10H2,1-7H3,(H,18,19,20). The Morgan fingerprint density at radius 3 is 2.38 bits per heavy atom. The summed E-state index contributed by atoms with van der Waals surface area (Å²) in [6.07, 6.45) is 1.25. The average Bonchev–Trinajstić information content (AvgIpc) is 2.88. The molecule has 4 heteroatoms. The zero-order valence-corrected chi connectivity index (χ0v) is 14.6. The van der Waals surface area contributed by atoms with Crippen molar-refractivity contribution in [3.63, 3.8) is 0 Å². The molecule has 2 heterocycles. The van der Waals surface area contributed by atoms with Crippen LogP contribution in [-0.2, 0) is 0 Å². The maximum Gasteiger partial charge on any atom is 0.137 e. The molecule has 1 N–H and O–H groups in total. The van der Waals surface area contributed by atoms with Crippen molar-refractivity contribution >= 4 is 11.6 Å². The quantitative estimate of drug-likeness (QED) is 0.918. The Labute approximate surface area is 129 Å². The van der Waals surface area contributed by atoms with Crippen molar-refractivity contribution in [2.24, 2.45) is 11.3 Å². The second kappa shape index (κ2) is 5.82. The monoisotopic (exact) mass is 290 g/mol. The Bertz CT molecular complexity index is 502. The molecule has 0 saturated carbocycles. The first kappa shape index (κ1) is 16.1. The Morgan fingerprint density at radius 1 is 1.24 bits per heavy atom. The van der Waals surface area contributed by atoms with Crippen LogP contribution in [0.3, 0.4) is 0 Å². The van der Waals surface area contributed by atoms with Gasteiger partial charge in [-0.3, -0.25) is 0 Å². The number of hydrogen-bond donors (Lipinski definition) is 1. The van der Waals surface area contributed by atoms with Gasteiger partial charge in [-0.25, -0.2) is 9.97 Å². The fourth-order valence-corrected chi connectivity index (χ4v) is 2.99. The van der Waals surface area contributed by atoms with E-state index in [0.29, 0.717) is 11.3 Å². The fraction of sp³-hybridized carbons (Fsp3) is 0.765. The van der Waals surface area contributed by atoms with E-state index in [1.165, 1.54) is 6.42 Å². The summed E-state index contributed by atoms with van der Waals surface area (Å²) in [5, 5.41) is 3.22. The van der Waals surface area contributed by atoms with Crippen molar-refractivity contribution in [2.45, 2.75) is 53.9 Å². The highest BCUT2D eigenvalue weighted by atomic mass is 15.2. The molecule has 1 saturated heterocycles. The van der Waals surface area contributed by atoms with Crippen molar-refractivity contribution < 1.29 is 0 Å². The summed E-state index contributed by atoms with van der Waals surface area (Å²) >= 11 is 0. The van der Waals surface area contributed by atoms with Crippen molar-refractivity contribution in [3.05, 3.63) is 11.4 Å². The predicted octanol–water partition coefficient (Wildman–Crippen LogP) is 3.82. The summed E-state index contributed by atoms with van der Waals surface area (Å²) in [5.41, 5.74) is 1.53. The van der Waals surface area contributed by atoms with Gasteiger partial charge in [-0.1, -0.05) is 34.6 Å². The van der Waals surface area contributed by atoms with Crippen LogP contribution in [0.1, 0.15) is 58.3 Å². The third-order valence-electron chi connectivity index (χ3n) is 4.60. The zero-order chi connectivity index (χ0) is 15.8. The summed E-state index contributed by atoms with van der Waals surface area (Å²) < 4.78 is 0. The molecule has 1 aromatic rings. The molecule has 0 aromatic carbocycles. The van der Waals surface area contributed by atoms with Crippen LogP contribution in [0, 0.1) is 18.3 Å². The third kappa shape index (κ3) is 3.30. The lowest BCUT2D eigenvalue weighted by atomic mass is 9.80. The molecule has 118 valence electrons. The highest BCUT2D eigenvalue weighted by Crippen LogP contribution is 2.37. The van der Waals surface area contributed by atoms with Crippen LogP contribution in [-0.4, -0.2) is 30.1 Å². The van der Waals surface area contributed by atoms with Gasteiger partial charge in [0.05, 0.1) is 0 Å². The summed E-state index contributed by atoms with van der Waals surface area (Å²) in [5.74, 6) is 4.08. The molecule has 0 spiro atoms. The van der Waals surface area contributed by atoms with E-state index >= 15 is 0 Å². The fourth-order valence-electron chi connectivity index (χ4n) is 2.99. The maximum absolute atomic E-state index is 4.85. The van der Waals surface area contributed by atoms with Crippen LogP contribution in [0.2, 0.25) is 0 Å². The van der Waals surface area contributed by atoms with Crippen LogP contribution in [0.25, 0.3) is 0 Å². The minimum atomic E-state index is 0.345. The number of nitrogens with zero attached hydrogens (tertiary/aromatic N) is 3. The molecule has 0 radical (unpaired) electrons. The summed E-state index contributed by atoms with van der Waals surface area (Å²) in [6.45, 7) is 15.6. The van der Waals surface area contributed by atoms with E-state index in [1.807, 2.05) is 7.05 Å². The molecule has 2 rings (SSSR count). The van der Waals surface area contributed by atoms with E-state index in [2.05, 4.69) is 56.7 Å². The molecule has 4 nitrogen and oxygen atoms in total. The van der Waals surface area contributed by atoms with Crippen molar-refractivity contribution in [3.8, 4) is 0 Å². The maximum atomic E-state index is 4.85. The predicted molar refractivity (Wildman–Crippen MR) is 90.2 cm³/mol. The van der Waals surface area contributed by atoms with Crippen molar-refractivity contribution in [1.82, 2.24) is 9.97 Å². The molecule has 1 aliphatic rings. The van der Waals surface area contributed by atoms with E-state index in [1.54, 1.807) is 0 Å². The Balaban J connectivity index is 2.34. The molecule has 1 fully saturated rings. The molecule has 0 bridgehead atoms. The lowest BCUT2D eigenvalue weighted by Crippen LogP contribution is -2.27. The van der Waals surface area contributed by atoms with Crippen LogP contribution in [0.15, 0.2) is 0 Å². The molecule has 0 amide bonds. The summed E-state index contributed by atoms with van der Waals surface area (Å²) in [7, 11) is 1.94. The number of hydrogen-bond acceptors (Lipinski definition) is 4. The van der Waals surface area contributed by atoms with Gasteiger partial charge in [0.2, 0.25) is 0 Å². The summed E-state index contributed by atoms with van der Waals surface area (Å²) in [6, 6.07) is 0. The Kier molecular flexibility index (Phi) is 4.45. The molecular weight excluding hydrogens is 260 g/mol. The normalized spacial score (nSPS) is 19.4. The van der Waals surface area contributed by atoms with E-state index < -0.39 is 0 Å². The van der Waals surface area contributed by atoms with Gasteiger partial charge in [0, 0.05) is 31.6 Å². The highest BCUT2D eigenvalue weighted by Gasteiger charge is 2.33. The first-order chi connectivity index (χ1) is 9.74. The Morgan fingerprint density at radius 2 is 1.90 bits per heavy atom. The van der Waals surface area contributed by atoms with Crippen molar-refractivity contribution in [1.29, 1.82) is 0 Å². The third-order valence-corrected chi connectivity index (χ3v) is 4.60. The van der Waals surface area contributed by atoms with Gasteiger partial charge < -0.3 is 10.2 Å². The minimum absolute atomic E-state index is 0.345. The molecule has 21 heavy (non-hydrogen) atoms. The number of nitrogens with one attached hydrogen (secondary N) is 1. The SMILES string of the molecule is CNc1nc(C(C)C)nc(N2CCC(C(C)(C)C)C2)c1C. The van der Waals surface area contributed by atoms with Gasteiger partial charge in [-0.15, -0.1) is 0 Å². The first-order valence-corrected chi connectivity index (χ1v) is 8.05. The number of anilines is 2. The molecule has 1 atom stereocenters. The molecule has 1 unspecified atom stereocenters. The van der Waals surface area contributed by atoms with E-state index in [-0.39, 0.29) is 0 Å². The van der Waals surface area contributed by atoms with Gasteiger partial charge in [0.15, 0.2) is 0 Å². The largest absolute Gasteiger partial charge is 0.373 e. The van der Waals surface area contributed by atoms with Crippen LogP contribution in [0.5, 0.6) is 0 Å². The smallest absolute Gasteiger partial charge is 0.137 e. The van der Waals surface area contributed by atoms with Gasteiger partial charge >= 0.3 is 0 Å². The molecular formula is C17H30N4. The first-order valence-electron chi connectivity index (χ1n) is 8.05.